The standard InChI is InChI=1S/C33H32ClF4N7O3/c1-31(22-6-5-20(34)15-23(22)35)47-27-4-2-3-21(28(27)48-31)19-7-11-44(12-8-19)17-25-26(45-13-14-46-32(18-45)9-10-32)16-24(40-41-25)29-39-30(43-42-29)33(36,37)38/h2-6,15-16,19H,7-14,17-18H2,1H3,(H,39,42,43)/t31-/m0/s1. The molecular formula is C33H32ClF4N7O3. The number of halogens is 5. The van der Waals surface area contributed by atoms with Crippen molar-refractivity contribution in [1.29, 1.82) is 0 Å². The van der Waals surface area contributed by atoms with Gasteiger partial charge >= 0.3 is 6.18 Å². The minimum atomic E-state index is -4.65. The number of nitrogens with zero attached hydrogens (tertiary/aromatic N) is 6. The van der Waals surface area contributed by atoms with Crippen LogP contribution in [0.15, 0.2) is 42.5 Å². The van der Waals surface area contributed by atoms with Crippen LogP contribution in [0.1, 0.15) is 61.2 Å². The molecule has 0 amide bonds. The molecule has 1 spiro atoms. The molecule has 10 nitrogen and oxygen atoms in total. The van der Waals surface area contributed by atoms with Gasteiger partial charge in [0.1, 0.15) is 17.2 Å². The lowest BCUT2D eigenvalue weighted by molar-refractivity contribution is -0.144. The lowest BCUT2D eigenvalue weighted by atomic mass is 9.88. The number of fused-ring (bicyclic) bond motifs is 1. The van der Waals surface area contributed by atoms with Crippen molar-refractivity contribution < 1.29 is 31.8 Å². The third-order valence-electron chi connectivity index (χ3n) is 9.67. The van der Waals surface area contributed by atoms with Gasteiger partial charge in [0.25, 0.3) is 5.79 Å². The second-order valence-corrected chi connectivity index (χ2v) is 13.5. The first-order valence-corrected chi connectivity index (χ1v) is 16.3. The van der Waals surface area contributed by atoms with Gasteiger partial charge in [-0.2, -0.15) is 18.3 Å². The zero-order chi connectivity index (χ0) is 33.3. The first kappa shape index (κ1) is 31.3. The van der Waals surface area contributed by atoms with E-state index in [-0.39, 0.29) is 28.6 Å². The summed E-state index contributed by atoms with van der Waals surface area (Å²) in [6.07, 6.45) is -1.03. The lowest BCUT2D eigenvalue weighted by Crippen LogP contribution is -2.45. The maximum absolute atomic E-state index is 14.9. The van der Waals surface area contributed by atoms with E-state index >= 15 is 0 Å². The van der Waals surface area contributed by atoms with Gasteiger partial charge in [0.15, 0.2) is 17.3 Å². The topological polar surface area (TPSA) is 102 Å². The number of hydrogen-bond donors (Lipinski definition) is 1. The Balaban J connectivity index is 0.997. The van der Waals surface area contributed by atoms with Crippen molar-refractivity contribution in [3.63, 3.8) is 0 Å². The number of aromatic amines is 1. The summed E-state index contributed by atoms with van der Waals surface area (Å²) in [5, 5.41) is 16.0. The SMILES string of the molecule is C[C@]1(c2ccc(Cl)cc2F)Oc2cccc(C3CCN(Cc4nnc(-c5nnc(C(F)(F)F)[nH]5)cc4N4CCOC5(CC5)C4)CC3)c2O1. The summed E-state index contributed by atoms with van der Waals surface area (Å²) < 4.78 is 73.0. The Bertz CT molecular complexity index is 1860. The Kier molecular flexibility index (Phi) is 7.53. The normalized spacial score (nSPS) is 22.4. The molecule has 252 valence electrons. The number of H-pyrrole nitrogens is 1. The summed E-state index contributed by atoms with van der Waals surface area (Å²) in [5.41, 5.74) is 2.85. The van der Waals surface area contributed by atoms with Gasteiger partial charge in [0.05, 0.1) is 23.5 Å². The molecule has 0 radical (unpaired) electrons. The first-order valence-electron chi connectivity index (χ1n) is 15.9. The van der Waals surface area contributed by atoms with Crippen LogP contribution in [0.4, 0.5) is 23.2 Å². The fraction of sp³-hybridized carbons (Fsp3) is 0.455. The number of hydrogen-bond acceptors (Lipinski definition) is 9. The molecule has 0 bridgehead atoms. The van der Waals surface area contributed by atoms with Crippen LogP contribution in [0.25, 0.3) is 11.5 Å². The van der Waals surface area contributed by atoms with E-state index in [1.807, 2.05) is 18.2 Å². The highest BCUT2D eigenvalue weighted by molar-refractivity contribution is 6.30. The quantitative estimate of drug-likeness (QED) is 0.229. The first-order chi connectivity index (χ1) is 23.0. The molecule has 15 heteroatoms. The molecule has 5 heterocycles. The predicted molar refractivity (Wildman–Crippen MR) is 166 cm³/mol. The molecule has 1 N–H and O–H groups in total. The van der Waals surface area contributed by atoms with Crippen molar-refractivity contribution in [2.75, 3.05) is 37.7 Å². The monoisotopic (exact) mass is 685 g/mol. The van der Waals surface area contributed by atoms with Crippen LogP contribution in [0.2, 0.25) is 5.02 Å². The third-order valence-corrected chi connectivity index (χ3v) is 9.91. The smallest absolute Gasteiger partial charge is 0.444 e. The van der Waals surface area contributed by atoms with Crippen LogP contribution < -0.4 is 14.4 Å². The molecule has 1 saturated carbocycles. The molecule has 3 aliphatic heterocycles. The van der Waals surface area contributed by atoms with Crippen LogP contribution in [-0.2, 0) is 23.2 Å². The van der Waals surface area contributed by atoms with Gasteiger partial charge < -0.3 is 24.1 Å². The van der Waals surface area contributed by atoms with Crippen molar-refractivity contribution >= 4 is 17.3 Å². The number of benzene rings is 2. The van der Waals surface area contributed by atoms with Gasteiger partial charge in [-0.1, -0.05) is 23.7 Å². The Labute approximate surface area is 278 Å². The van der Waals surface area contributed by atoms with Crippen molar-refractivity contribution in [3.05, 3.63) is 75.9 Å². The van der Waals surface area contributed by atoms with E-state index in [1.54, 1.807) is 25.1 Å². The summed E-state index contributed by atoms with van der Waals surface area (Å²) in [6, 6.07) is 12.0. The maximum Gasteiger partial charge on any atom is 0.451 e. The number of piperidine rings is 1. The lowest BCUT2D eigenvalue weighted by Gasteiger charge is -2.37. The average Bonchev–Trinajstić information content (AvgIpc) is 3.42. The molecule has 0 unspecified atom stereocenters. The predicted octanol–water partition coefficient (Wildman–Crippen LogP) is 6.47. The fourth-order valence-corrected chi connectivity index (χ4v) is 7.12. The van der Waals surface area contributed by atoms with E-state index in [2.05, 4.69) is 35.2 Å². The summed E-state index contributed by atoms with van der Waals surface area (Å²) >= 11 is 5.98. The van der Waals surface area contributed by atoms with E-state index in [4.69, 9.17) is 25.8 Å². The summed E-state index contributed by atoms with van der Waals surface area (Å²) in [7, 11) is 0. The highest BCUT2D eigenvalue weighted by Gasteiger charge is 2.48. The number of likely N-dealkylation sites (tertiary alicyclic amines) is 1. The largest absolute Gasteiger partial charge is 0.451 e. The van der Waals surface area contributed by atoms with Crippen molar-refractivity contribution in [3.8, 4) is 23.0 Å². The number of nitrogens with one attached hydrogen (secondary N) is 1. The molecule has 4 aromatic rings. The Morgan fingerprint density at radius 3 is 2.54 bits per heavy atom. The van der Waals surface area contributed by atoms with E-state index < -0.39 is 23.6 Å². The summed E-state index contributed by atoms with van der Waals surface area (Å²) in [6.45, 7) is 5.62. The second kappa shape index (κ2) is 11.6. The van der Waals surface area contributed by atoms with Gasteiger partial charge in [-0.3, -0.25) is 4.90 Å². The van der Waals surface area contributed by atoms with Crippen LogP contribution >= 0.6 is 11.6 Å². The van der Waals surface area contributed by atoms with E-state index in [1.165, 1.54) is 6.07 Å². The highest BCUT2D eigenvalue weighted by Crippen LogP contribution is 2.50. The van der Waals surface area contributed by atoms with E-state index in [9.17, 15) is 17.6 Å². The van der Waals surface area contributed by atoms with Crippen molar-refractivity contribution in [2.24, 2.45) is 0 Å². The molecule has 8 rings (SSSR count). The average molecular weight is 686 g/mol. The van der Waals surface area contributed by atoms with E-state index in [0.29, 0.717) is 42.8 Å². The highest BCUT2D eigenvalue weighted by atomic mass is 35.5. The number of rotatable bonds is 6. The summed E-state index contributed by atoms with van der Waals surface area (Å²) in [4.78, 5) is 6.74. The Hall–Kier alpha value is -4.01. The summed E-state index contributed by atoms with van der Waals surface area (Å²) in [5.74, 6) is -1.71. The van der Waals surface area contributed by atoms with Crippen molar-refractivity contribution in [1.82, 2.24) is 30.3 Å². The maximum atomic E-state index is 14.9. The zero-order valence-electron chi connectivity index (χ0n) is 26.0. The van der Waals surface area contributed by atoms with Crippen LogP contribution in [0, 0.1) is 5.82 Å². The van der Waals surface area contributed by atoms with Crippen molar-refractivity contribution in [2.45, 2.75) is 62.6 Å². The van der Waals surface area contributed by atoms with E-state index in [0.717, 1.165) is 55.7 Å². The molecular weight excluding hydrogens is 654 g/mol. The number of aromatic nitrogens is 5. The van der Waals surface area contributed by atoms with Gasteiger partial charge in [-0.15, -0.1) is 15.3 Å². The Morgan fingerprint density at radius 1 is 1.00 bits per heavy atom. The molecule has 2 saturated heterocycles. The number of morpholine rings is 1. The van der Waals surface area contributed by atoms with Crippen LogP contribution in [0.5, 0.6) is 11.5 Å². The minimum Gasteiger partial charge on any atom is -0.444 e. The molecule has 1 aliphatic carbocycles. The van der Waals surface area contributed by atoms with Gasteiger partial charge in [0.2, 0.25) is 5.82 Å². The van der Waals surface area contributed by atoms with Gasteiger partial charge in [0, 0.05) is 37.1 Å². The molecule has 3 fully saturated rings. The number of anilines is 1. The van der Waals surface area contributed by atoms with Crippen LogP contribution in [0.3, 0.4) is 0 Å². The van der Waals surface area contributed by atoms with Gasteiger partial charge in [-0.25, -0.2) is 4.39 Å². The number of ether oxygens (including phenoxy) is 3. The number of alkyl halides is 3. The number of para-hydroxylation sites is 1. The molecule has 48 heavy (non-hydrogen) atoms. The Morgan fingerprint density at radius 2 is 1.81 bits per heavy atom. The fourth-order valence-electron chi connectivity index (χ4n) is 6.96. The zero-order valence-corrected chi connectivity index (χ0v) is 26.7. The minimum absolute atomic E-state index is 0.0886. The molecule has 4 aliphatic rings. The van der Waals surface area contributed by atoms with Crippen LogP contribution in [-0.4, -0.2) is 68.7 Å². The molecule has 2 aromatic heterocycles. The third kappa shape index (κ3) is 5.83. The molecule has 2 aromatic carbocycles. The molecule has 1 atom stereocenters. The second-order valence-electron chi connectivity index (χ2n) is 13.0. The van der Waals surface area contributed by atoms with Gasteiger partial charge in [-0.05, 0) is 75.0 Å².